The van der Waals surface area contributed by atoms with Crippen LogP contribution in [0.1, 0.15) is 23.2 Å². The molecule has 5 nitrogen and oxygen atoms in total. The van der Waals surface area contributed by atoms with E-state index in [1.54, 1.807) is 12.3 Å². The molecule has 0 bridgehead atoms. The summed E-state index contributed by atoms with van der Waals surface area (Å²) in [6.07, 6.45) is 2.96. The second kappa shape index (κ2) is 7.35. The third-order valence-electron chi connectivity index (χ3n) is 4.79. The molecule has 1 aliphatic rings. The number of carbonyl (C=O) groups is 1. The van der Waals surface area contributed by atoms with Crippen LogP contribution in [0.5, 0.6) is 0 Å². The number of hydrogen-bond acceptors (Lipinski definition) is 3. The molecule has 0 radical (unpaired) electrons. The number of hydrogen-bond donors (Lipinski definition) is 0. The molecular weight excluding hydrogens is 319 g/mol. The summed E-state index contributed by atoms with van der Waals surface area (Å²) in [4.78, 5) is 17.1. The zero-order valence-corrected chi connectivity index (χ0v) is 15.1. The highest BCUT2D eigenvalue weighted by Crippen LogP contribution is 2.20. The average Bonchev–Trinajstić information content (AvgIpc) is 2.92. The smallest absolute Gasteiger partial charge is 0.227 e. The highest BCUT2D eigenvalue weighted by Gasteiger charge is 2.28. The van der Waals surface area contributed by atoms with Gasteiger partial charge < -0.3 is 9.80 Å². The maximum atomic E-state index is 13.3. The van der Waals surface area contributed by atoms with E-state index < -0.39 is 0 Å². The van der Waals surface area contributed by atoms with E-state index in [1.807, 2.05) is 36.7 Å². The minimum Gasteiger partial charge on any atom is -0.332 e. The molecule has 0 unspecified atom stereocenters. The fraction of sp³-hybridized carbons (Fsp3) is 0.474. The maximum absolute atomic E-state index is 13.3. The van der Waals surface area contributed by atoms with Crippen LogP contribution in [0.2, 0.25) is 0 Å². The van der Waals surface area contributed by atoms with Crippen LogP contribution < -0.4 is 0 Å². The second-order valence-corrected chi connectivity index (χ2v) is 7.02. The van der Waals surface area contributed by atoms with E-state index in [-0.39, 0.29) is 17.8 Å². The van der Waals surface area contributed by atoms with Gasteiger partial charge in [-0.3, -0.25) is 9.48 Å². The number of benzene rings is 1. The summed E-state index contributed by atoms with van der Waals surface area (Å²) in [5, 5.41) is 4.36. The zero-order valence-electron chi connectivity index (χ0n) is 15.1. The number of halogens is 1. The standard InChI is InChI=1S/C19H25FN4O/c1-14-10-16(20)5-4-15(14)11-19(25)23-13-18-6-8-21-24(18)9-7-17(23)12-22(2)3/h4-6,8,10,17H,7,9,11-13H2,1-3H3/t17-/m0/s1. The minimum atomic E-state index is -0.266. The van der Waals surface area contributed by atoms with Crippen LogP contribution in [-0.2, 0) is 24.3 Å². The lowest BCUT2D eigenvalue weighted by Gasteiger charge is -2.32. The molecule has 25 heavy (non-hydrogen) atoms. The molecule has 0 saturated heterocycles. The molecule has 1 aromatic heterocycles. The predicted octanol–water partition coefficient (Wildman–Crippen LogP) is 2.24. The van der Waals surface area contributed by atoms with Gasteiger partial charge in [-0.1, -0.05) is 6.07 Å². The molecule has 1 amide bonds. The van der Waals surface area contributed by atoms with Crippen LogP contribution in [-0.4, -0.2) is 52.2 Å². The number of likely N-dealkylation sites (N-methyl/N-ethyl adjacent to an activating group) is 1. The largest absolute Gasteiger partial charge is 0.332 e. The molecule has 0 spiro atoms. The Morgan fingerprint density at radius 1 is 1.36 bits per heavy atom. The van der Waals surface area contributed by atoms with Gasteiger partial charge in [0.2, 0.25) is 5.91 Å². The molecule has 134 valence electrons. The predicted molar refractivity (Wildman–Crippen MR) is 94.6 cm³/mol. The van der Waals surface area contributed by atoms with Gasteiger partial charge in [0.1, 0.15) is 5.82 Å². The molecule has 1 aliphatic heterocycles. The highest BCUT2D eigenvalue weighted by molar-refractivity contribution is 5.79. The van der Waals surface area contributed by atoms with E-state index >= 15 is 0 Å². The normalized spacial score (nSPS) is 17.5. The van der Waals surface area contributed by atoms with E-state index in [9.17, 15) is 9.18 Å². The van der Waals surface area contributed by atoms with Crippen LogP contribution in [0.25, 0.3) is 0 Å². The van der Waals surface area contributed by atoms with E-state index in [1.165, 1.54) is 12.1 Å². The number of rotatable bonds is 4. The van der Waals surface area contributed by atoms with Crippen LogP contribution in [0, 0.1) is 12.7 Å². The fourth-order valence-corrected chi connectivity index (χ4v) is 3.45. The summed E-state index contributed by atoms with van der Waals surface area (Å²) in [6, 6.07) is 6.74. The number of amides is 1. The third kappa shape index (κ3) is 4.07. The first-order chi connectivity index (χ1) is 11.9. The number of fused-ring (bicyclic) bond motifs is 1. The van der Waals surface area contributed by atoms with Crippen molar-refractivity contribution in [2.75, 3.05) is 20.6 Å². The first-order valence-electron chi connectivity index (χ1n) is 8.64. The van der Waals surface area contributed by atoms with Crippen LogP contribution in [0.15, 0.2) is 30.5 Å². The van der Waals surface area contributed by atoms with Gasteiger partial charge in [0.25, 0.3) is 0 Å². The van der Waals surface area contributed by atoms with Crippen LogP contribution in [0.3, 0.4) is 0 Å². The Kier molecular flexibility index (Phi) is 5.18. The molecule has 2 aromatic rings. The van der Waals surface area contributed by atoms with Crippen molar-refractivity contribution in [2.45, 2.75) is 38.9 Å². The molecule has 0 saturated carbocycles. The topological polar surface area (TPSA) is 41.4 Å². The third-order valence-corrected chi connectivity index (χ3v) is 4.79. The SMILES string of the molecule is Cc1cc(F)ccc1CC(=O)N1Cc2ccnn2CC[C@H]1CN(C)C. The summed E-state index contributed by atoms with van der Waals surface area (Å²) in [5.74, 6) is -0.186. The van der Waals surface area contributed by atoms with Crippen molar-refractivity contribution in [3.05, 3.63) is 53.1 Å². The van der Waals surface area contributed by atoms with Crippen LogP contribution >= 0.6 is 0 Å². The van der Waals surface area contributed by atoms with Gasteiger partial charge in [-0.25, -0.2) is 4.39 Å². The summed E-state index contributed by atoms with van der Waals surface area (Å²) < 4.78 is 15.3. The van der Waals surface area contributed by atoms with Gasteiger partial charge in [-0.15, -0.1) is 0 Å². The summed E-state index contributed by atoms with van der Waals surface area (Å²) >= 11 is 0. The van der Waals surface area contributed by atoms with Crippen molar-refractivity contribution < 1.29 is 9.18 Å². The Morgan fingerprint density at radius 3 is 2.88 bits per heavy atom. The molecule has 0 fully saturated rings. The van der Waals surface area contributed by atoms with Crippen molar-refractivity contribution in [3.8, 4) is 0 Å². The summed E-state index contributed by atoms with van der Waals surface area (Å²) in [5.41, 5.74) is 2.76. The first-order valence-corrected chi connectivity index (χ1v) is 8.64. The zero-order chi connectivity index (χ0) is 18.0. The molecule has 0 N–H and O–H groups in total. The fourth-order valence-electron chi connectivity index (χ4n) is 3.45. The van der Waals surface area contributed by atoms with Crippen molar-refractivity contribution >= 4 is 5.91 Å². The van der Waals surface area contributed by atoms with Gasteiger partial charge in [0.15, 0.2) is 0 Å². The Bertz CT molecular complexity index is 756. The average molecular weight is 344 g/mol. The van der Waals surface area contributed by atoms with Crippen molar-refractivity contribution in [1.29, 1.82) is 0 Å². The number of nitrogens with zero attached hydrogens (tertiary/aromatic N) is 4. The molecule has 1 aromatic carbocycles. The molecule has 6 heteroatoms. The van der Waals surface area contributed by atoms with E-state index in [0.29, 0.717) is 13.0 Å². The quantitative estimate of drug-likeness (QED) is 0.854. The molecule has 2 heterocycles. The molecule has 0 aliphatic carbocycles. The van der Waals surface area contributed by atoms with Gasteiger partial charge in [0, 0.05) is 25.3 Å². The molecular formula is C19H25FN4O. The Hall–Kier alpha value is -2.21. The lowest BCUT2D eigenvalue weighted by atomic mass is 10.0. The Labute approximate surface area is 148 Å². The van der Waals surface area contributed by atoms with Gasteiger partial charge in [-0.2, -0.15) is 5.10 Å². The number of aryl methyl sites for hydroxylation is 2. The van der Waals surface area contributed by atoms with Gasteiger partial charge in [-0.05, 0) is 56.8 Å². The lowest BCUT2D eigenvalue weighted by Crippen LogP contribution is -2.45. The minimum absolute atomic E-state index is 0.0798. The number of carbonyl (C=O) groups excluding carboxylic acids is 1. The van der Waals surface area contributed by atoms with Crippen LogP contribution in [0.4, 0.5) is 4.39 Å². The Morgan fingerprint density at radius 2 is 2.16 bits per heavy atom. The lowest BCUT2D eigenvalue weighted by molar-refractivity contribution is -0.133. The molecule has 1 atom stereocenters. The second-order valence-electron chi connectivity index (χ2n) is 7.02. The van der Waals surface area contributed by atoms with E-state index in [2.05, 4.69) is 10.00 Å². The van der Waals surface area contributed by atoms with Crippen molar-refractivity contribution in [3.63, 3.8) is 0 Å². The monoisotopic (exact) mass is 344 g/mol. The summed E-state index contributed by atoms with van der Waals surface area (Å²) in [6.45, 7) is 4.05. The van der Waals surface area contributed by atoms with E-state index in [0.717, 1.165) is 36.3 Å². The maximum Gasteiger partial charge on any atom is 0.227 e. The van der Waals surface area contributed by atoms with Gasteiger partial charge >= 0.3 is 0 Å². The number of aromatic nitrogens is 2. The molecule has 3 rings (SSSR count). The Balaban J connectivity index is 1.82. The highest BCUT2D eigenvalue weighted by atomic mass is 19.1. The van der Waals surface area contributed by atoms with Gasteiger partial charge in [0.05, 0.1) is 18.7 Å². The summed E-state index contributed by atoms with van der Waals surface area (Å²) in [7, 11) is 4.05. The van der Waals surface area contributed by atoms with E-state index in [4.69, 9.17) is 0 Å². The van der Waals surface area contributed by atoms with Crippen molar-refractivity contribution in [2.24, 2.45) is 0 Å². The first kappa shape index (κ1) is 17.6. The van der Waals surface area contributed by atoms with Crippen molar-refractivity contribution in [1.82, 2.24) is 19.6 Å².